The maximum atomic E-state index is 11.8. The van der Waals surface area contributed by atoms with Crippen molar-refractivity contribution in [3.05, 3.63) is 11.7 Å². The number of carbonyl (C=O) groups excluding carboxylic acids is 2. The Morgan fingerprint density at radius 3 is 2.10 bits per heavy atom. The van der Waals surface area contributed by atoms with Crippen molar-refractivity contribution in [3.8, 4) is 0 Å². The molecule has 0 radical (unpaired) electrons. The fraction of sp³-hybridized carbons (Fsp3) is 0.692. The van der Waals surface area contributed by atoms with Gasteiger partial charge < -0.3 is 13.7 Å². The minimum absolute atomic E-state index is 0.0491. The standard InChI is InChI=1S/C13H24BNO5Si/c1-10(2)7-11(20-21(4,5)6)14-18-12(16)8-15(3)9-13(17)19-14/h7,10H,8-9H2,1-6H3/b11-7-. The van der Waals surface area contributed by atoms with Crippen LogP contribution in [0.3, 0.4) is 0 Å². The second-order valence-electron chi connectivity index (χ2n) is 6.51. The lowest BCUT2D eigenvalue weighted by Crippen LogP contribution is -2.45. The molecule has 6 nitrogen and oxygen atoms in total. The third kappa shape index (κ3) is 6.81. The zero-order chi connectivity index (χ0) is 16.2. The first-order valence-electron chi connectivity index (χ1n) is 7.05. The molecule has 1 heterocycles. The minimum atomic E-state index is -1.92. The van der Waals surface area contributed by atoms with E-state index in [1.54, 1.807) is 11.9 Å². The quantitative estimate of drug-likeness (QED) is 0.578. The molecular weight excluding hydrogens is 289 g/mol. The average Bonchev–Trinajstić information content (AvgIpc) is 2.21. The summed E-state index contributed by atoms with van der Waals surface area (Å²) in [6, 6.07) is 0. The molecule has 0 bridgehead atoms. The Balaban J connectivity index is 2.98. The lowest BCUT2D eigenvalue weighted by atomic mass is 9.84. The molecule has 1 fully saturated rings. The molecule has 8 heteroatoms. The van der Waals surface area contributed by atoms with E-state index in [-0.39, 0.29) is 19.0 Å². The van der Waals surface area contributed by atoms with Crippen LogP contribution in [0.25, 0.3) is 0 Å². The summed E-state index contributed by atoms with van der Waals surface area (Å²) < 4.78 is 16.4. The van der Waals surface area contributed by atoms with Crippen molar-refractivity contribution in [2.45, 2.75) is 33.5 Å². The Hall–Kier alpha value is -1.28. The third-order valence-corrected chi connectivity index (χ3v) is 3.28. The number of nitrogens with zero attached hydrogens (tertiary/aromatic N) is 1. The van der Waals surface area contributed by atoms with Crippen LogP contribution in [0.15, 0.2) is 11.7 Å². The van der Waals surface area contributed by atoms with Gasteiger partial charge in [0.1, 0.15) is 5.66 Å². The molecule has 21 heavy (non-hydrogen) atoms. The Morgan fingerprint density at radius 2 is 1.71 bits per heavy atom. The van der Waals surface area contributed by atoms with Gasteiger partial charge in [0.25, 0.3) is 0 Å². The SMILES string of the molecule is CC(C)/C=C(\O[Si](C)(C)C)B1OC(=O)CN(C)CC(=O)O1. The molecule has 0 N–H and O–H groups in total. The molecule has 0 atom stereocenters. The molecule has 118 valence electrons. The molecule has 0 aromatic rings. The van der Waals surface area contributed by atoms with Crippen LogP contribution in [0.2, 0.25) is 19.6 Å². The van der Waals surface area contributed by atoms with Crippen LogP contribution >= 0.6 is 0 Å². The van der Waals surface area contributed by atoms with Gasteiger partial charge in [0.2, 0.25) is 8.32 Å². The van der Waals surface area contributed by atoms with E-state index in [0.29, 0.717) is 5.66 Å². The van der Waals surface area contributed by atoms with E-state index in [1.165, 1.54) is 0 Å². The molecule has 0 aromatic heterocycles. The maximum Gasteiger partial charge on any atom is 0.671 e. The number of allylic oxidation sites excluding steroid dienone is 1. The number of carbonyl (C=O) groups is 2. The minimum Gasteiger partial charge on any atom is -0.548 e. The molecule has 0 aliphatic carbocycles. The second kappa shape index (κ2) is 7.13. The number of rotatable bonds is 4. The molecule has 0 saturated carbocycles. The van der Waals surface area contributed by atoms with Gasteiger partial charge in [-0.2, -0.15) is 0 Å². The fourth-order valence-corrected chi connectivity index (χ4v) is 2.66. The Kier molecular flexibility index (Phi) is 6.03. The first-order valence-corrected chi connectivity index (χ1v) is 10.5. The summed E-state index contributed by atoms with van der Waals surface area (Å²) in [5.74, 6) is -0.700. The van der Waals surface area contributed by atoms with Gasteiger partial charge in [-0.25, -0.2) is 0 Å². The van der Waals surface area contributed by atoms with Crippen LogP contribution < -0.4 is 0 Å². The number of hydrogen-bond acceptors (Lipinski definition) is 6. The molecule has 1 aliphatic heterocycles. The molecule has 1 rings (SSSR count). The first kappa shape index (κ1) is 17.8. The van der Waals surface area contributed by atoms with E-state index in [1.807, 2.05) is 39.6 Å². The van der Waals surface area contributed by atoms with Crippen LogP contribution in [0.1, 0.15) is 13.8 Å². The largest absolute Gasteiger partial charge is 0.671 e. The van der Waals surface area contributed by atoms with Gasteiger partial charge in [-0.1, -0.05) is 13.8 Å². The number of likely N-dealkylation sites (N-methyl/N-ethyl adjacent to an activating group) is 1. The van der Waals surface area contributed by atoms with Crippen LogP contribution in [0.5, 0.6) is 0 Å². The van der Waals surface area contributed by atoms with E-state index in [0.717, 1.165) is 0 Å². The summed E-state index contributed by atoms with van der Waals surface area (Å²) in [5, 5.41) is 0. The second-order valence-corrected chi connectivity index (χ2v) is 10.9. The van der Waals surface area contributed by atoms with Crippen molar-refractivity contribution in [3.63, 3.8) is 0 Å². The highest BCUT2D eigenvalue weighted by Crippen LogP contribution is 2.18. The average molecular weight is 313 g/mol. The summed E-state index contributed by atoms with van der Waals surface area (Å²) in [5.41, 5.74) is 0.412. The zero-order valence-corrected chi connectivity index (χ0v) is 14.6. The molecule has 0 amide bonds. The Morgan fingerprint density at radius 1 is 1.24 bits per heavy atom. The van der Waals surface area contributed by atoms with E-state index >= 15 is 0 Å². The van der Waals surface area contributed by atoms with Gasteiger partial charge in [0.05, 0.1) is 13.1 Å². The van der Waals surface area contributed by atoms with E-state index in [9.17, 15) is 9.59 Å². The fourth-order valence-electron chi connectivity index (χ4n) is 1.79. The summed E-state index contributed by atoms with van der Waals surface area (Å²) in [7, 11) is -1.35. The van der Waals surface area contributed by atoms with Crippen LogP contribution in [-0.2, 0) is 23.3 Å². The highest BCUT2D eigenvalue weighted by atomic mass is 28.4. The van der Waals surface area contributed by atoms with E-state index < -0.39 is 27.4 Å². The van der Waals surface area contributed by atoms with Gasteiger partial charge in [-0.3, -0.25) is 14.5 Å². The summed E-state index contributed by atoms with van der Waals surface area (Å²) >= 11 is 0. The summed E-state index contributed by atoms with van der Waals surface area (Å²) in [6.07, 6.45) is 1.83. The maximum absolute atomic E-state index is 11.8. The molecule has 1 aliphatic rings. The summed E-state index contributed by atoms with van der Waals surface area (Å²) in [6.45, 7) is 10.1. The van der Waals surface area contributed by atoms with E-state index in [2.05, 4.69) is 0 Å². The van der Waals surface area contributed by atoms with Crippen LogP contribution in [0.4, 0.5) is 0 Å². The van der Waals surface area contributed by atoms with Crippen molar-refractivity contribution in [2.24, 2.45) is 5.92 Å². The summed E-state index contributed by atoms with van der Waals surface area (Å²) in [4.78, 5) is 25.1. The Labute approximate surface area is 127 Å². The highest BCUT2D eigenvalue weighted by molar-refractivity contribution is 6.71. The van der Waals surface area contributed by atoms with Gasteiger partial charge >= 0.3 is 19.1 Å². The van der Waals surface area contributed by atoms with E-state index in [4.69, 9.17) is 13.7 Å². The monoisotopic (exact) mass is 313 g/mol. The lowest BCUT2D eigenvalue weighted by Gasteiger charge is -2.27. The van der Waals surface area contributed by atoms with Crippen molar-refractivity contribution >= 4 is 27.4 Å². The zero-order valence-electron chi connectivity index (χ0n) is 13.6. The molecule has 0 unspecified atom stereocenters. The normalized spacial score (nSPS) is 19.0. The smallest absolute Gasteiger partial charge is 0.548 e. The van der Waals surface area contributed by atoms with Crippen LogP contribution in [0, 0.1) is 5.92 Å². The predicted octanol–water partition coefficient (Wildman–Crippen LogP) is 1.44. The lowest BCUT2D eigenvalue weighted by molar-refractivity contribution is -0.145. The van der Waals surface area contributed by atoms with Gasteiger partial charge in [0, 0.05) is 0 Å². The van der Waals surface area contributed by atoms with Crippen molar-refractivity contribution in [1.82, 2.24) is 4.90 Å². The highest BCUT2D eigenvalue weighted by Gasteiger charge is 2.39. The predicted molar refractivity (Wildman–Crippen MR) is 82.8 cm³/mol. The van der Waals surface area contributed by atoms with Gasteiger partial charge in [-0.15, -0.1) is 0 Å². The third-order valence-electron chi connectivity index (χ3n) is 2.43. The van der Waals surface area contributed by atoms with Crippen molar-refractivity contribution < 1.29 is 23.3 Å². The van der Waals surface area contributed by atoms with Crippen molar-refractivity contribution in [2.75, 3.05) is 20.1 Å². The molecule has 0 aromatic carbocycles. The van der Waals surface area contributed by atoms with Gasteiger partial charge in [0.15, 0.2) is 0 Å². The topological polar surface area (TPSA) is 65.1 Å². The first-order chi connectivity index (χ1) is 9.56. The Bertz CT molecular complexity index is 413. The molecule has 0 spiro atoms. The van der Waals surface area contributed by atoms with Crippen molar-refractivity contribution in [1.29, 1.82) is 0 Å². The van der Waals surface area contributed by atoms with Crippen LogP contribution in [-0.4, -0.2) is 52.4 Å². The molecular formula is C13H24BNO5Si. The van der Waals surface area contributed by atoms with Gasteiger partial charge in [-0.05, 0) is 38.7 Å². The molecule has 1 saturated heterocycles. The number of hydrogen-bond donors (Lipinski definition) is 0.